The number of hydrogen-bond acceptors (Lipinski definition) is 3. The highest BCUT2D eigenvalue weighted by atomic mass is 19.1. The second-order valence-electron chi connectivity index (χ2n) is 6.63. The molecule has 0 atom stereocenters. The molecule has 2 heterocycles. The number of likely N-dealkylation sites (tertiary alicyclic amines) is 1. The lowest BCUT2D eigenvalue weighted by molar-refractivity contribution is 0.111. The van der Waals surface area contributed by atoms with Crippen LogP contribution >= 0.6 is 0 Å². The van der Waals surface area contributed by atoms with Gasteiger partial charge in [-0.1, -0.05) is 0 Å². The predicted molar refractivity (Wildman–Crippen MR) is 103 cm³/mol. The molecule has 2 aromatic rings. The third-order valence-corrected chi connectivity index (χ3v) is 4.91. The number of amides is 1. The number of hydrogen-bond donors (Lipinski definition) is 3. The van der Waals surface area contributed by atoms with E-state index < -0.39 is 0 Å². The molecule has 1 aromatic carbocycles. The maximum atomic E-state index is 13.5. The molecule has 0 bridgehead atoms. The molecule has 27 heavy (non-hydrogen) atoms. The molecule has 3 N–H and O–H groups in total. The molecule has 1 aliphatic heterocycles. The van der Waals surface area contributed by atoms with E-state index >= 15 is 0 Å². The molecule has 0 radical (unpaired) electrons. The number of halogens is 1. The van der Waals surface area contributed by atoms with Crippen molar-refractivity contribution in [2.45, 2.75) is 25.3 Å². The van der Waals surface area contributed by atoms with Crippen LogP contribution in [-0.2, 0) is 11.2 Å². The number of methoxy groups -OCH3 is 1. The lowest BCUT2D eigenvalue weighted by Crippen LogP contribution is -2.50. The fourth-order valence-electron chi connectivity index (χ4n) is 3.40. The van der Waals surface area contributed by atoms with Gasteiger partial charge in [0.15, 0.2) is 5.96 Å². The Kier molecular flexibility index (Phi) is 6.16. The van der Waals surface area contributed by atoms with Gasteiger partial charge in [-0.15, -0.1) is 0 Å². The normalized spacial score (nSPS) is 15.8. The minimum Gasteiger partial charge on any atom is -0.453 e. The summed E-state index contributed by atoms with van der Waals surface area (Å²) in [5, 5.41) is 7.62. The zero-order chi connectivity index (χ0) is 19.2. The fourth-order valence-corrected chi connectivity index (χ4v) is 3.40. The summed E-state index contributed by atoms with van der Waals surface area (Å²) >= 11 is 0. The Morgan fingerprint density at radius 1 is 1.41 bits per heavy atom. The molecular weight excluding hydrogens is 349 g/mol. The van der Waals surface area contributed by atoms with Crippen LogP contribution < -0.4 is 10.6 Å². The van der Waals surface area contributed by atoms with E-state index in [1.165, 1.54) is 13.2 Å². The summed E-state index contributed by atoms with van der Waals surface area (Å²) in [5.41, 5.74) is 2.00. The van der Waals surface area contributed by atoms with Gasteiger partial charge in [-0.25, -0.2) is 9.18 Å². The van der Waals surface area contributed by atoms with Crippen molar-refractivity contribution >= 4 is 23.0 Å². The lowest BCUT2D eigenvalue weighted by atomic mass is 10.1. The molecule has 1 saturated heterocycles. The number of carbonyl (C=O) groups is 1. The number of fused-ring (bicyclic) bond motifs is 1. The van der Waals surface area contributed by atoms with Gasteiger partial charge in [0.2, 0.25) is 0 Å². The van der Waals surface area contributed by atoms with E-state index in [0.717, 1.165) is 41.7 Å². The van der Waals surface area contributed by atoms with E-state index in [4.69, 9.17) is 4.74 Å². The first kappa shape index (κ1) is 19.0. The fraction of sp³-hybridized carbons (Fsp3) is 0.474. The topological polar surface area (TPSA) is 81.8 Å². The van der Waals surface area contributed by atoms with Crippen molar-refractivity contribution in [3.63, 3.8) is 0 Å². The number of aromatic nitrogens is 1. The molecule has 1 fully saturated rings. The number of rotatable bonds is 4. The van der Waals surface area contributed by atoms with Crippen LogP contribution in [0.15, 0.2) is 29.4 Å². The number of aliphatic imine (C=N–C) groups is 1. The van der Waals surface area contributed by atoms with E-state index in [9.17, 15) is 9.18 Å². The van der Waals surface area contributed by atoms with Crippen molar-refractivity contribution in [2.75, 3.05) is 33.8 Å². The minimum atomic E-state index is -0.272. The van der Waals surface area contributed by atoms with Gasteiger partial charge in [0.1, 0.15) is 5.82 Å². The number of benzene rings is 1. The molecule has 8 heteroatoms. The first-order chi connectivity index (χ1) is 13.1. The summed E-state index contributed by atoms with van der Waals surface area (Å²) in [6, 6.07) is 5.03. The molecule has 0 aliphatic carbocycles. The van der Waals surface area contributed by atoms with Crippen LogP contribution in [0.2, 0.25) is 0 Å². The monoisotopic (exact) mass is 375 g/mol. The zero-order valence-electron chi connectivity index (χ0n) is 15.7. The number of nitrogens with one attached hydrogen (secondary N) is 3. The molecule has 3 rings (SSSR count). The molecule has 1 amide bonds. The summed E-state index contributed by atoms with van der Waals surface area (Å²) in [6.07, 6.45) is 4.09. The molecule has 146 valence electrons. The highest BCUT2D eigenvalue weighted by molar-refractivity contribution is 5.83. The summed E-state index contributed by atoms with van der Waals surface area (Å²) in [6.45, 7) is 2.02. The number of ether oxygens (including phenoxy) is 1. The average Bonchev–Trinajstić information content (AvgIpc) is 3.09. The predicted octanol–water partition coefficient (Wildman–Crippen LogP) is 2.25. The Morgan fingerprint density at radius 3 is 2.89 bits per heavy atom. The molecule has 7 nitrogen and oxygen atoms in total. The molecular formula is C19H26FN5O2. The molecule has 1 aromatic heterocycles. The van der Waals surface area contributed by atoms with Gasteiger partial charge in [-0.05, 0) is 43.0 Å². The van der Waals surface area contributed by atoms with Gasteiger partial charge in [0.05, 0.1) is 7.11 Å². The average molecular weight is 375 g/mol. The number of H-pyrrole nitrogens is 1. The molecule has 0 unspecified atom stereocenters. The third kappa shape index (κ3) is 4.69. The van der Waals surface area contributed by atoms with Crippen molar-refractivity contribution in [3.8, 4) is 0 Å². The number of aromatic amines is 1. The highest BCUT2D eigenvalue weighted by Gasteiger charge is 2.23. The van der Waals surface area contributed by atoms with Crippen molar-refractivity contribution in [1.82, 2.24) is 20.5 Å². The number of guanidine groups is 1. The van der Waals surface area contributed by atoms with Crippen LogP contribution in [0.4, 0.5) is 9.18 Å². The van der Waals surface area contributed by atoms with E-state index in [1.54, 1.807) is 24.1 Å². The second-order valence-corrected chi connectivity index (χ2v) is 6.63. The molecule has 0 spiro atoms. The van der Waals surface area contributed by atoms with Crippen LogP contribution in [0.5, 0.6) is 0 Å². The maximum absolute atomic E-state index is 13.5. The Hall–Kier alpha value is -2.77. The van der Waals surface area contributed by atoms with Gasteiger partial charge in [-0.2, -0.15) is 0 Å². The molecule has 1 aliphatic rings. The second kappa shape index (κ2) is 8.75. The van der Waals surface area contributed by atoms with Gasteiger partial charge in [0, 0.05) is 49.8 Å². The maximum Gasteiger partial charge on any atom is 0.409 e. The Bertz CT molecular complexity index is 812. The highest BCUT2D eigenvalue weighted by Crippen LogP contribution is 2.19. The van der Waals surface area contributed by atoms with Crippen molar-refractivity contribution < 1.29 is 13.9 Å². The standard InChI is InChI=1S/C19H26FN5O2/c1-21-18(24-15-6-9-25(10-7-15)19(26)27-2)22-8-5-13-12-23-17-4-3-14(20)11-16(13)17/h3-4,11-12,15,23H,5-10H2,1-2H3,(H2,21,22,24). The Morgan fingerprint density at radius 2 is 2.19 bits per heavy atom. The van der Waals surface area contributed by atoms with Crippen LogP contribution in [0.25, 0.3) is 10.9 Å². The van der Waals surface area contributed by atoms with E-state index in [2.05, 4.69) is 20.6 Å². The number of carbonyl (C=O) groups excluding carboxylic acids is 1. The van der Waals surface area contributed by atoms with Crippen LogP contribution in [0, 0.1) is 5.82 Å². The van der Waals surface area contributed by atoms with E-state index in [1.807, 2.05) is 6.20 Å². The summed E-state index contributed by atoms with van der Waals surface area (Å²) in [5.74, 6) is 0.504. The van der Waals surface area contributed by atoms with Crippen molar-refractivity contribution in [1.29, 1.82) is 0 Å². The zero-order valence-corrected chi connectivity index (χ0v) is 15.7. The smallest absolute Gasteiger partial charge is 0.409 e. The summed E-state index contributed by atoms with van der Waals surface area (Å²) in [7, 11) is 3.14. The van der Waals surface area contributed by atoms with E-state index in [-0.39, 0.29) is 18.0 Å². The van der Waals surface area contributed by atoms with Gasteiger partial charge in [-0.3, -0.25) is 4.99 Å². The quantitative estimate of drug-likeness (QED) is 0.566. The van der Waals surface area contributed by atoms with Crippen molar-refractivity contribution in [2.24, 2.45) is 4.99 Å². The number of piperidine rings is 1. The van der Waals surface area contributed by atoms with Crippen LogP contribution in [-0.4, -0.2) is 61.8 Å². The lowest BCUT2D eigenvalue weighted by Gasteiger charge is -2.32. The van der Waals surface area contributed by atoms with Crippen molar-refractivity contribution in [3.05, 3.63) is 35.8 Å². The third-order valence-electron chi connectivity index (χ3n) is 4.91. The minimum absolute atomic E-state index is 0.230. The molecule has 0 saturated carbocycles. The van der Waals surface area contributed by atoms with Gasteiger partial charge >= 0.3 is 6.09 Å². The summed E-state index contributed by atoms with van der Waals surface area (Å²) in [4.78, 5) is 20.7. The van der Waals surface area contributed by atoms with Gasteiger partial charge in [0.25, 0.3) is 0 Å². The Labute approximate surface area is 158 Å². The van der Waals surface area contributed by atoms with Gasteiger partial charge < -0.3 is 25.3 Å². The first-order valence-electron chi connectivity index (χ1n) is 9.16. The first-order valence-corrected chi connectivity index (χ1v) is 9.16. The SMILES string of the molecule is CN=C(NCCc1c[nH]c2ccc(F)cc12)NC1CCN(C(=O)OC)CC1. The van der Waals surface area contributed by atoms with E-state index in [0.29, 0.717) is 19.6 Å². The largest absolute Gasteiger partial charge is 0.453 e. The number of nitrogens with zero attached hydrogens (tertiary/aromatic N) is 2. The van der Waals surface area contributed by atoms with Crippen LogP contribution in [0.1, 0.15) is 18.4 Å². The summed E-state index contributed by atoms with van der Waals surface area (Å²) < 4.78 is 18.2. The Balaban J connectivity index is 1.47. The van der Waals surface area contributed by atoms with Crippen LogP contribution in [0.3, 0.4) is 0 Å².